The van der Waals surface area contributed by atoms with Gasteiger partial charge in [0.1, 0.15) is 0 Å². The molecule has 1 nitrogen and oxygen atoms in total. The van der Waals surface area contributed by atoms with Crippen LogP contribution in [0.2, 0.25) is 0 Å². The van der Waals surface area contributed by atoms with E-state index in [0.29, 0.717) is 11.5 Å². The summed E-state index contributed by atoms with van der Waals surface area (Å²) < 4.78 is -1.89. The van der Waals surface area contributed by atoms with Crippen LogP contribution in [0.1, 0.15) is 48.2 Å². The fraction of sp³-hybridized carbons (Fsp3) is 0.462. The first-order chi connectivity index (χ1) is 7.77. The molecule has 0 fully saturated rings. The Morgan fingerprint density at radius 3 is 2.29 bits per heavy atom. The topological polar surface area (TPSA) is 17.1 Å². The Morgan fingerprint density at radius 2 is 1.88 bits per heavy atom. The Balaban J connectivity index is 3.29. The summed E-state index contributed by atoms with van der Waals surface area (Å²) in [5, 5.41) is 0. The molecule has 4 heteroatoms. The van der Waals surface area contributed by atoms with Crippen molar-refractivity contribution in [2.45, 2.75) is 36.9 Å². The Hall–Kier alpha value is -0.240. The number of aryl methyl sites for hydroxylation is 1. The van der Waals surface area contributed by atoms with Crippen molar-refractivity contribution in [1.82, 2.24) is 0 Å². The number of halogens is 3. The predicted octanol–water partition coefficient (Wildman–Crippen LogP) is 4.93. The summed E-state index contributed by atoms with van der Waals surface area (Å²) in [5.74, 6) is -0.121. The van der Waals surface area contributed by atoms with Gasteiger partial charge < -0.3 is 0 Å². The number of Topliss-reactive ketones (excluding diaryl/α,β-unsaturated/α-hetero) is 1. The minimum atomic E-state index is -1.89. The molecular weight excluding hydrogens is 279 g/mol. The van der Waals surface area contributed by atoms with E-state index in [2.05, 4.69) is 13.8 Å². The van der Waals surface area contributed by atoms with Crippen LogP contribution in [0, 0.1) is 0 Å². The first-order valence-corrected chi connectivity index (χ1v) is 6.65. The van der Waals surface area contributed by atoms with Crippen molar-refractivity contribution in [2.75, 3.05) is 0 Å². The zero-order chi connectivity index (χ0) is 13.2. The predicted molar refractivity (Wildman–Crippen MR) is 74.5 cm³/mol. The second kappa shape index (κ2) is 5.60. The van der Waals surface area contributed by atoms with Crippen LogP contribution in [0.4, 0.5) is 0 Å². The summed E-state index contributed by atoms with van der Waals surface area (Å²) in [7, 11) is 0. The maximum absolute atomic E-state index is 12.0. The fourth-order valence-electron chi connectivity index (χ4n) is 1.63. The molecule has 0 aliphatic carbocycles. The van der Waals surface area contributed by atoms with Crippen LogP contribution >= 0.6 is 34.8 Å². The zero-order valence-corrected chi connectivity index (χ0v) is 12.3. The lowest BCUT2D eigenvalue weighted by molar-refractivity contribution is 0.0995. The van der Waals surface area contributed by atoms with E-state index in [9.17, 15) is 4.79 Å². The number of hydrogen-bond donors (Lipinski definition) is 0. The molecule has 0 saturated heterocycles. The van der Waals surface area contributed by atoms with E-state index in [0.717, 1.165) is 17.5 Å². The van der Waals surface area contributed by atoms with Crippen molar-refractivity contribution in [3.05, 3.63) is 34.9 Å². The van der Waals surface area contributed by atoms with Gasteiger partial charge in [-0.1, -0.05) is 67.7 Å². The maximum Gasteiger partial charge on any atom is 0.253 e. The highest BCUT2D eigenvalue weighted by atomic mass is 35.6. The summed E-state index contributed by atoms with van der Waals surface area (Å²) in [6, 6.07) is 5.77. The molecular formula is C13H15Cl3O. The van der Waals surface area contributed by atoms with Crippen LogP contribution in [0.3, 0.4) is 0 Å². The number of carbonyl (C=O) groups excluding carboxylic acids is 1. The molecule has 0 saturated carbocycles. The number of carbonyl (C=O) groups is 1. The molecule has 94 valence electrons. The normalized spacial score (nSPS) is 11.9. The van der Waals surface area contributed by atoms with Gasteiger partial charge in [-0.3, -0.25) is 4.79 Å². The van der Waals surface area contributed by atoms with Gasteiger partial charge in [-0.2, -0.15) is 0 Å². The minimum Gasteiger partial charge on any atom is -0.289 e. The third-order valence-corrected chi connectivity index (χ3v) is 3.20. The van der Waals surface area contributed by atoms with Crippen molar-refractivity contribution < 1.29 is 4.79 Å². The summed E-state index contributed by atoms with van der Waals surface area (Å²) in [6.45, 7) is 6.09. The molecule has 0 aromatic heterocycles. The molecule has 17 heavy (non-hydrogen) atoms. The smallest absolute Gasteiger partial charge is 0.253 e. The lowest BCUT2D eigenvalue weighted by atomic mass is 9.94. The Morgan fingerprint density at radius 1 is 1.29 bits per heavy atom. The van der Waals surface area contributed by atoms with Gasteiger partial charge >= 0.3 is 0 Å². The average molecular weight is 294 g/mol. The monoisotopic (exact) mass is 292 g/mol. The molecule has 0 radical (unpaired) electrons. The van der Waals surface area contributed by atoms with Crippen molar-refractivity contribution in [3.8, 4) is 0 Å². The zero-order valence-electron chi connectivity index (χ0n) is 10.1. The van der Waals surface area contributed by atoms with E-state index >= 15 is 0 Å². The van der Waals surface area contributed by atoms with Crippen molar-refractivity contribution in [3.63, 3.8) is 0 Å². The molecule has 0 atom stereocenters. The molecule has 0 heterocycles. The largest absolute Gasteiger partial charge is 0.289 e. The average Bonchev–Trinajstić information content (AvgIpc) is 2.25. The van der Waals surface area contributed by atoms with E-state index in [1.807, 2.05) is 25.1 Å². The third-order valence-electron chi connectivity index (χ3n) is 2.68. The van der Waals surface area contributed by atoms with Gasteiger partial charge in [0.15, 0.2) is 0 Å². The maximum atomic E-state index is 12.0. The highest BCUT2D eigenvalue weighted by Crippen LogP contribution is 2.32. The first kappa shape index (κ1) is 14.8. The summed E-state index contributed by atoms with van der Waals surface area (Å²) >= 11 is 17.0. The molecule has 0 aliphatic heterocycles. The number of alkyl halides is 3. The van der Waals surface area contributed by atoms with Gasteiger partial charge in [0, 0.05) is 5.56 Å². The van der Waals surface area contributed by atoms with E-state index in [4.69, 9.17) is 34.8 Å². The molecule has 0 spiro atoms. The number of rotatable bonds is 3. The van der Waals surface area contributed by atoms with Crippen LogP contribution in [0.25, 0.3) is 0 Å². The third kappa shape index (κ3) is 3.61. The van der Waals surface area contributed by atoms with E-state index in [-0.39, 0.29) is 0 Å². The van der Waals surface area contributed by atoms with E-state index in [1.165, 1.54) is 0 Å². The molecule has 0 aliphatic rings. The number of benzene rings is 1. The fourth-order valence-corrected chi connectivity index (χ4v) is 1.93. The first-order valence-electron chi connectivity index (χ1n) is 5.51. The molecule has 1 aromatic carbocycles. The Labute approximate surface area is 117 Å². The quantitative estimate of drug-likeness (QED) is 0.571. The Kier molecular flexibility index (Phi) is 4.88. The molecule has 0 unspecified atom stereocenters. The standard InChI is InChI=1S/C13H15Cl3O/c1-4-9-5-6-10(8(2)3)7-11(9)12(17)13(14,15)16/h5-8H,4H2,1-3H3. The van der Waals surface area contributed by atoms with Crippen LogP contribution < -0.4 is 0 Å². The summed E-state index contributed by atoms with van der Waals surface area (Å²) in [4.78, 5) is 12.0. The molecule has 1 rings (SSSR count). The minimum absolute atomic E-state index is 0.336. The number of ketones is 1. The number of hydrogen-bond acceptors (Lipinski definition) is 1. The van der Waals surface area contributed by atoms with Gasteiger partial charge in [-0.25, -0.2) is 0 Å². The van der Waals surface area contributed by atoms with Gasteiger partial charge in [-0.05, 0) is 29.5 Å². The SMILES string of the molecule is CCc1ccc(C(C)C)cc1C(=O)C(Cl)(Cl)Cl. The van der Waals surface area contributed by atoms with Gasteiger partial charge in [0.05, 0.1) is 0 Å². The van der Waals surface area contributed by atoms with E-state index < -0.39 is 9.58 Å². The Bertz CT molecular complexity index is 419. The summed E-state index contributed by atoms with van der Waals surface area (Å²) in [6.07, 6.45) is 0.736. The van der Waals surface area contributed by atoms with Crippen molar-refractivity contribution in [1.29, 1.82) is 0 Å². The second-order valence-corrected chi connectivity index (χ2v) is 6.53. The van der Waals surface area contributed by atoms with Crippen molar-refractivity contribution >= 4 is 40.6 Å². The lowest BCUT2D eigenvalue weighted by Gasteiger charge is -2.15. The molecule has 0 N–H and O–H groups in total. The molecule has 1 aromatic rings. The highest BCUT2D eigenvalue weighted by molar-refractivity contribution is 6.77. The van der Waals surface area contributed by atoms with Gasteiger partial charge in [0.2, 0.25) is 5.78 Å². The highest BCUT2D eigenvalue weighted by Gasteiger charge is 2.33. The molecule has 0 amide bonds. The van der Waals surface area contributed by atoms with Crippen LogP contribution in [-0.4, -0.2) is 9.58 Å². The van der Waals surface area contributed by atoms with Crippen LogP contribution in [0.15, 0.2) is 18.2 Å². The van der Waals surface area contributed by atoms with E-state index in [1.54, 1.807) is 0 Å². The van der Waals surface area contributed by atoms with Gasteiger partial charge in [0.25, 0.3) is 3.79 Å². The van der Waals surface area contributed by atoms with Crippen LogP contribution in [-0.2, 0) is 6.42 Å². The van der Waals surface area contributed by atoms with Crippen molar-refractivity contribution in [2.24, 2.45) is 0 Å². The molecule has 0 bridgehead atoms. The van der Waals surface area contributed by atoms with Crippen LogP contribution in [0.5, 0.6) is 0 Å². The second-order valence-electron chi connectivity index (χ2n) is 4.25. The van der Waals surface area contributed by atoms with Gasteiger partial charge in [-0.15, -0.1) is 0 Å². The summed E-state index contributed by atoms with van der Waals surface area (Å²) in [5.41, 5.74) is 2.49. The lowest BCUT2D eigenvalue weighted by Crippen LogP contribution is -2.20.